The smallest absolute Gasteiger partial charge is 0.331 e. The molecule has 7 heteroatoms. The number of non-ortho nitro benzene ring substituents is 1. The number of anilines is 1. The van der Waals surface area contributed by atoms with Crippen LogP contribution in [-0.2, 0) is 14.3 Å². The molecule has 1 N–H and O–H groups in total. The normalized spacial score (nSPS) is 10.4. The highest BCUT2D eigenvalue weighted by atomic mass is 16.6. The van der Waals surface area contributed by atoms with E-state index >= 15 is 0 Å². The first kappa shape index (κ1) is 17.9. The minimum absolute atomic E-state index is 0.0781. The second-order valence-electron chi connectivity index (χ2n) is 5.20. The predicted molar refractivity (Wildman–Crippen MR) is 92.9 cm³/mol. The van der Waals surface area contributed by atoms with Crippen LogP contribution in [0, 0.1) is 17.0 Å². The number of nitro groups is 1. The SMILES string of the molecule is Cc1ccc(/C=C/C(=O)OCC(=O)Nc2ccc([N+](=O)[O-])cc2)cc1. The molecule has 128 valence electrons. The van der Waals surface area contributed by atoms with E-state index in [4.69, 9.17) is 4.74 Å². The van der Waals surface area contributed by atoms with Gasteiger partial charge in [-0.2, -0.15) is 0 Å². The van der Waals surface area contributed by atoms with Gasteiger partial charge in [0.2, 0.25) is 0 Å². The van der Waals surface area contributed by atoms with E-state index in [2.05, 4.69) is 5.32 Å². The van der Waals surface area contributed by atoms with Gasteiger partial charge < -0.3 is 10.1 Å². The number of amides is 1. The third-order valence-corrected chi connectivity index (χ3v) is 3.20. The van der Waals surface area contributed by atoms with E-state index in [1.54, 1.807) is 6.08 Å². The molecule has 0 unspecified atom stereocenters. The fourth-order valence-corrected chi connectivity index (χ4v) is 1.89. The molecule has 25 heavy (non-hydrogen) atoms. The van der Waals surface area contributed by atoms with E-state index < -0.39 is 23.4 Å². The quantitative estimate of drug-likeness (QED) is 0.377. The van der Waals surface area contributed by atoms with Gasteiger partial charge in [-0.15, -0.1) is 0 Å². The molecular formula is C18H16N2O5. The zero-order chi connectivity index (χ0) is 18.2. The minimum atomic E-state index is -0.639. The Bertz CT molecular complexity index is 795. The molecule has 0 bridgehead atoms. The summed E-state index contributed by atoms with van der Waals surface area (Å²) >= 11 is 0. The van der Waals surface area contributed by atoms with Gasteiger partial charge in [-0.1, -0.05) is 29.8 Å². The second kappa shape index (κ2) is 8.39. The summed E-state index contributed by atoms with van der Waals surface area (Å²) in [6.07, 6.45) is 2.83. The van der Waals surface area contributed by atoms with Crippen molar-refractivity contribution in [2.24, 2.45) is 0 Å². The Morgan fingerprint density at radius 2 is 1.76 bits per heavy atom. The molecule has 2 rings (SSSR count). The van der Waals surface area contributed by atoms with Crippen molar-refractivity contribution in [1.29, 1.82) is 0 Å². The van der Waals surface area contributed by atoms with Gasteiger partial charge in [-0.25, -0.2) is 4.79 Å². The van der Waals surface area contributed by atoms with Crippen molar-refractivity contribution in [2.45, 2.75) is 6.92 Å². The van der Waals surface area contributed by atoms with Crippen molar-refractivity contribution in [3.05, 3.63) is 75.8 Å². The average Bonchev–Trinajstić information content (AvgIpc) is 2.60. The molecule has 0 aliphatic heterocycles. The van der Waals surface area contributed by atoms with Crippen LogP contribution in [0.15, 0.2) is 54.6 Å². The van der Waals surface area contributed by atoms with Crippen molar-refractivity contribution in [3.63, 3.8) is 0 Å². The zero-order valence-electron chi connectivity index (χ0n) is 13.5. The summed E-state index contributed by atoms with van der Waals surface area (Å²) in [5.74, 6) is -1.18. The van der Waals surface area contributed by atoms with E-state index in [1.807, 2.05) is 31.2 Å². The van der Waals surface area contributed by atoms with Crippen LogP contribution in [-0.4, -0.2) is 23.4 Å². The fraction of sp³-hybridized carbons (Fsp3) is 0.111. The molecule has 0 heterocycles. The fourth-order valence-electron chi connectivity index (χ4n) is 1.89. The Morgan fingerprint density at radius 1 is 1.12 bits per heavy atom. The molecule has 0 aliphatic rings. The number of rotatable bonds is 6. The first-order valence-corrected chi connectivity index (χ1v) is 7.40. The molecular weight excluding hydrogens is 324 g/mol. The van der Waals surface area contributed by atoms with Crippen molar-refractivity contribution in [2.75, 3.05) is 11.9 Å². The number of nitro benzene ring substituents is 1. The van der Waals surface area contributed by atoms with Crippen molar-refractivity contribution >= 4 is 29.3 Å². The first-order chi connectivity index (χ1) is 11.9. The third-order valence-electron chi connectivity index (χ3n) is 3.20. The van der Waals surface area contributed by atoms with E-state index in [9.17, 15) is 19.7 Å². The largest absolute Gasteiger partial charge is 0.452 e. The molecule has 0 saturated carbocycles. The summed E-state index contributed by atoms with van der Waals surface area (Å²) in [6.45, 7) is 1.51. The number of aryl methyl sites for hydroxylation is 1. The molecule has 0 aromatic heterocycles. The Hall–Kier alpha value is -3.48. The van der Waals surface area contributed by atoms with Crippen molar-refractivity contribution in [1.82, 2.24) is 0 Å². The molecule has 0 spiro atoms. The molecule has 7 nitrogen and oxygen atoms in total. The molecule has 0 aliphatic carbocycles. The van der Waals surface area contributed by atoms with Crippen LogP contribution in [0.3, 0.4) is 0 Å². The Balaban J connectivity index is 1.79. The van der Waals surface area contributed by atoms with Crippen molar-refractivity contribution < 1.29 is 19.2 Å². The van der Waals surface area contributed by atoms with Gasteiger partial charge in [0.05, 0.1) is 4.92 Å². The standard InChI is InChI=1S/C18H16N2O5/c1-13-2-4-14(5-3-13)6-11-18(22)25-12-17(21)19-15-7-9-16(10-8-15)20(23)24/h2-11H,12H2,1H3,(H,19,21)/b11-6+. The van der Waals surface area contributed by atoms with E-state index in [-0.39, 0.29) is 5.69 Å². The number of carbonyl (C=O) groups is 2. The maximum Gasteiger partial charge on any atom is 0.331 e. The van der Waals surface area contributed by atoms with E-state index in [0.29, 0.717) is 5.69 Å². The van der Waals surface area contributed by atoms with Crippen LogP contribution in [0.1, 0.15) is 11.1 Å². The number of hydrogen-bond donors (Lipinski definition) is 1. The summed E-state index contributed by atoms with van der Waals surface area (Å²) < 4.78 is 4.84. The Morgan fingerprint density at radius 3 is 2.36 bits per heavy atom. The maximum atomic E-state index is 11.7. The minimum Gasteiger partial charge on any atom is -0.452 e. The second-order valence-corrected chi connectivity index (χ2v) is 5.20. The highest BCUT2D eigenvalue weighted by Gasteiger charge is 2.08. The summed E-state index contributed by atoms with van der Waals surface area (Å²) in [5, 5.41) is 13.0. The van der Waals surface area contributed by atoms with Crippen LogP contribution in [0.2, 0.25) is 0 Å². The van der Waals surface area contributed by atoms with Gasteiger partial charge in [-0.05, 0) is 30.7 Å². The van der Waals surface area contributed by atoms with Gasteiger partial charge in [0, 0.05) is 23.9 Å². The molecule has 0 atom stereocenters. The van der Waals surface area contributed by atoms with Gasteiger partial charge in [0.1, 0.15) is 0 Å². The predicted octanol–water partition coefficient (Wildman–Crippen LogP) is 3.10. The lowest BCUT2D eigenvalue weighted by Gasteiger charge is -2.05. The van der Waals surface area contributed by atoms with E-state index in [0.717, 1.165) is 11.1 Å². The highest BCUT2D eigenvalue weighted by Crippen LogP contribution is 2.15. The lowest BCUT2D eigenvalue weighted by atomic mass is 10.1. The molecule has 0 fully saturated rings. The van der Waals surface area contributed by atoms with Gasteiger partial charge in [0.15, 0.2) is 6.61 Å². The van der Waals surface area contributed by atoms with Crippen LogP contribution in [0.5, 0.6) is 0 Å². The molecule has 0 saturated heterocycles. The zero-order valence-corrected chi connectivity index (χ0v) is 13.5. The maximum absolute atomic E-state index is 11.7. The number of ether oxygens (including phenoxy) is 1. The van der Waals surface area contributed by atoms with Crippen molar-refractivity contribution in [3.8, 4) is 0 Å². The summed E-state index contributed by atoms with van der Waals surface area (Å²) in [4.78, 5) is 33.3. The molecule has 2 aromatic rings. The van der Waals surface area contributed by atoms with Crippen LogP contribution < -0.4 is 5.32 Å². The number of benzene rings is 2. The first-order valence-electron chi connectivity index (χ1n) is 7.40. The highest BCUT2D eigenvalue weighted by molar-refractivity contribution is 5.94. The molecule has 0 radical (unpaired) electrons. The van der Waals surface area contributed by atoms with Crippen LogP contribution >= 0.6 is 0 Å². The lowest BCUT2D eigenvalue weighted by molar-refractivity contribution is -0.384. The Labute approximate surface area is 144 Å². The summed E-state index contributed by atoms with van der Waals surface area (Å²) in [5.41, 5.74) is 2.26. The number of carbonyl (C=O) groups excluding carboxylic acids is 2. The average molecular weight is 340 g/mol. The van der Waals surface area contributed by atoms with Crippen LogP contribution in [0.4, 0.5) is 11.4 Å². The van der Waals surface area contributed by atoms with E-state index in [1.165, 1.54) is 30.3 Å². The lowest BCUT2D eigenvalue weighted by Crippen LogP contribution is -2.20. The number of nitrogens with one attached hydrogen (secondary N) is 1. The molecule has 2 aromatic carbocycles. The summed E-state index contributed by atoms with van der Waals surface area (Å²) in [7, 11) is 0. The summed E-state index contributed by atoms with van der Waals surface area (Å²) in [6, 6.07) is 12.9. The Kier molecular flexibility index (Phi) is 6.00. The van der Waals surface area contributed by atoms with Gasteiger partial charge in [0.25, 0.3) is 11.6 Å². The van der Waals surface area contributed by atoms with Crippen LogP contribution in [0.25, 0.3) is 6.08 Å². The monoisotopic (exact) mass is 340 g/mol. The topological polar surface area (TPSA) is 98.5 Å². The molecule has 1 amide bonds. The van der Waals surface area contributed by atoms with Gasteiger partial charge >= 0.3 is 5.97 Å². The van der Waals surface area contributed by atoms with Gasteiger partial charge in [-0.3, -0.25) is 14.9 Å². The number of nitrogens with zero attached hydrogens (tertiary/aromatic N) is 1. The number of esters is 1. The third kappa shape index (κ3) is 5.91. The number of hydrogen-bond acceptors (Lipinski definition) is 5.